The average molecular weight is 294 g/mol. The number of hydrogen-bond acceptors (Lipinski definition) is 4. The number of nitrogens with one attached hydrogen (secondary N) is 1. The molecule has 1 aliphatic carbocycles. The number of carbonyl (C=O) groups excluding carboxylic acids is 1. The molecule has 0 bridgehead atoms. The van der Waals surface area contributed by atoms with E-state index in [4.69, 9.17) is 10.5 Å². The first-order valence-electron chi connectivity index (χ1n) is 7.49. The van der Waals surface area contributed by atoms with Gasteiger partial charge in [0.2, 0.25) is 5.91 Å². The van der Waals surface area contributed by atoms with Crippen molar-refractivity contribution in [2.45, 2.75) is 51.8 Å². The normalized spacial score (nSPS) is 25.9. The molecule has 0 spiro atoms. The van der Waals surface area contributed by atoms with E-state index in [9.17, 15) is 4.79 Å². The monoisotopic (exact) mass is 294 g/mol. The van der Waals surface area contributed by atoms with Crippen LogP contribution >= 0.6 is 0 Å². The largest absolute Gasteiger partial charge is 0.380 e. The maximum atomic E-state index is 12.3. The van der Waals surface area contributed by atoms with E-state index in [0.29, 0.717) is 13.0 Å². The molecule has 1 aliphatic rings. The van der Waals surface area contributed by atoms with Crippen molar-refractivity contribution in [3.8, 4) is 0 Å². The van der Waals surface area contributed by atoms with Gasteiger partial charge in [0.05, 0.1) is 18.3 Å². The summed E-state index contributed by atoms with van der Waals surface area (Å²) in [5.41, 5.74) is 8.12. The Labute approximate surface area is 126 Å². The van der Waals surface area contributed by atoms with Gasteiger partial charge >= 0.3 is 0 Å². The molecule has 1 aromatic rings. The predicted octanol–water partition coefficient (Wildman–Crippen LogP) is 0.796. The minimum absolute atomic E-state index is 0.0165. The van der Waals surface area contributed by atoms with Gasteiger partial charge in [-0.25, -0.2) is 4.98 Å². The van der Waals surface area contributed by atoms with Crippen molar-refractivity contribution in [1.29, 1.82) is 0 Å². The summed E-state index contributed by atoms with van der Waals surface area (Å²) in [5, 5.41) is 2.99. The zero-order chi connectivity index (χ0) is 15.6. The topological polar surface area (TPSA) is 82.2 Å². The number of carbonyl (C=O) groups is 1. The van der Waals surface area contributed by atoms with Crippen molar-refractivity contribution in [1.82, 2.24) is 14.9 Å². The molecule has 0 radical (unpaired) electrons. The van der Waals surface area contributed by atoms with Crippen molar-refractivity contribution >= 4 is 5.91 Å². The minimum Gasteiger partial charge on any atom is -0.380 e. The maximum Gasteiger partial charge on any atom is 0.223 e. The first kappa shape index (κ1) is 16.0. The van der Waals surface area contributed by atoms with Crippen molar-refractivity contribution in [2.24, 2.45) is 18.7 Å². The third-order valence-corrected chi connectivity index (χ3v) is 4.65. The second-order valence-corrected chi connectivity index (χ2v) is 5.92. The third kappa shape index (κ3) is 3.44. The molecule has 1 aromatic heterocycles. The van der Waals surface area contributed by atoms with E-state index in [1.165, 1.54) is 0 Å². The molecule has 3 atom stereocenters. The highest BCUT2D eigenvalue weighted by Crippen LogP contribution is 2.25. The van der Waals surface area contributed by atoms with Crippen molar-refractivity contribution in [3.05, 3.63) is 17.2 Å². The van der Waals surface area contributed by atoms with Gasteiger partial charge in [-0.3, -0.25) is 4.79 Å². The van der Waals surface area contributed by atoms with E-state index in [1.807, 2.05) is 25.5 Å². The lowest BCUT2D eigenvalue weighted by atomic mass is 9.83. The fraction of sp³-hybridized carbons (Fsp3) is 0.733. The summed E-state index contributed by atoms with van der Waals surface area (Å²) in [5.74, 6) is 0.939. The summed E-state index contributed by atoms with van der Waals surface area (Å²) in [7, 11) is 3.63. The van der Waals surface area contributed by atoms with Crippen LogP contribution in [-0.4, -0.2) is 34.7 Å². The standard InChI is InChI=1S/C15H26N4O2/c1-9-10(2)19(3)14(18-9)8-17-15(20)11-5-6-12(16)13(7-11)21-4/h11-13H,5-8,16H2,1-4H3,(H,17,20)/t11-,12-,13-/m0/s1. The molecule has 1 amide bonds. The average Bonchev–Trinajstić information content (AvgIpc) is 2.72. The van der Waals surface area contributed by atoms with Crippen LogP contribution < -0.4 is 11.1 Å². The summed E-state index contributed by atoms with van der Waals surface area (Å²) in [6.45, 7) is 4.47. The Morgan fingerprint density at radius 2 is 2.19 bits per heavy atom. The van der Waals surface area contributed by atoms with E-state index in [-0.39, 0.29) is 24.0 Å². The smallest absolute Gasteiger partial charge is 0.223 e. The number of nitrogens with zero attached hydrogens (tertiary/aromatic N) is 2. The third-order valence-electron chi connectivity index (χ3n) is 4.65. The lowest BCUT2D eigenvalue weighted by Gasteiger charge is -2.32. The van der Waals surface area contributed by atoms with Crippen LogP contribution in [0, 0.1) is 19.8 Å². The molecule has 118 valence electrons. The molecule has 1 heterocycles. The number of nitrogens with two attached hydrogens (primary N) is 1. The Balaban J connectivity index is 1.91. The Bertz CT molecular complexity index is 512. The molecular weight excluding hydrogens is 268 g/mol. The van der Waals surface area contributed by atoms with Crippen molar-refractivity contribution in [3.63, 3.8) is 0 Å². The lowest BCUT2D eigenvalue weighted by molar-refractivity contribution is -0.128. The van der Waals surface area contributed by atoms with Gasteiger partial charge in [0, 0.05) is 31.8 Å². The van der Waals surface area contributed by atoms with Gasteiger partial charge in [0.25, 0.3) is 0 Å². The summed E-state index contributed by atoms with van der Waals surface area (Å²) >= 11 is 0. The van der Waals surface area contributed by atoms with Gasteiger partial charge < -0.3 is 20.4 Å². The number of aromatic nitrogens is 2. The quantitative estimate of drug-likeness (QED) is 0.860. The molecule has 0 aliphatic heterocycles. The number of aryl methyl sites for hydroxylation is 1. The fourth-order valence-corrected chi connectivity index (χ4v) is 2.92. The molecule has 6 nitrogen and oxygen atoms in total. The van der Waals surface area contributed by atoms with Crippen LogP contribution in [0.25, 0.3) is 0 Å². The van der Waals surface area contributed by atoms with Gasteiger partial charge in [-0.2, -0.15) is 0 Å². The van der Waals surface area contributed by atoms with Crippen LogP contribution in [0.3, 0.4) is 0 Å². The van der Waals surface area contributed by atoms with Crippen LogP contribution in [0.2, 0.25) is 0 Å². The SMILES string of the molecule is CO[C@H]1C[C@@H](C(=O)NCc2nc(C)c(C)n2C)CC[C@@H]1N. The van der Waals surface area contributed by atoms with E-state index < -0.39 is 0 Å². The predicted molar refractivity (Wildman–Crippen MR) is 80.6 cm³/mol. The molecular formula is C15H26N4O2. The Morgan fingerprint density at radius 1 is 1.48 bits per heavy atom. The zero-order valence-corrected chi connectivity index (χ0v) is 13.3. The first-order valence-corrected chi connectivity index (χ1v) is 7.49. The number of amides is 1. The van der Waals surface area contributed by atoms with Gasteiger partial charge in [0.15, 0.2) is 0 Å². The number of ether oxygens (including phenoxy) is 1. The number of rotatable bonds is 4. The summed E-state index contributed by atoms with van der Waals surface area (Å²) < 4.78 is 7.38. The van der Waals surface area contributed by atoms with Crippen LogP contribution in [0.5, 0.6) is 0 Å². The molecule has 2 rings (SSSR count). The van der Waals surface area contributed by atoms with Crippen molar-refractivity contribution < 1.29 is 9.53 Å². The Hall–Kier alpha value is -1.40. The molecule has 6 heteroatoms. The zero-order valence-electron chi connectivity index (χ0n) is 13.3. The van der Waals surface area contributed by atoms with Crippen LogP contribution in [0.15, 0.2) is 0 Å². The highest BCUT2D eigenvalue weighted by Gasteiger charge is 2.32. The highest BCUT2D eigenvalue weighted by atomic mass is 16.5. The van der Waals surface area contributed by atoms with E-state index in [0.717, 1.165) is 30.1 Å². The van der Waals surface area contributed by atoms with Gasteiger partial charge in [-0.15, -0.1) is 0 Å². The Morgan fingerprint density at radius 3 is 2.76 bits per heavy atom. The van der Waals surface area contributed by atoms with Gasteiger partial charge in [0.1, 0.15) is 5.82 Å². The molecule has 1 saturated carbocycles. The lowest BCUT2D eigenvalue weighted by Crippen LogP contribution is -2.45. The molecule has 1 fully saturated rings. The number of methoxy groups -OCH3 is 1. The second-order valence-electron chi connectivity index (χ2n) is 5.92. The van der Waals surface area contributed by atoms with Gasteiger partial charge in [-0.1, -0.05) is 0 Å². The number of imidazole rings is 1. The van der Waals surface area contributed by atoms with E-state index in [1.54, 1.807) is 7.11 Å². The fourth-order valence-electron chi connectivity index (χ4n) is 2.92. The second kappa shape index (κ2) is 6.58. The molecule has 21 heavy (non-hydrogen) atoms. The van der Waals surface area contributed by atoms with Gasteiger partial charge in [-0.05, 0) is 33.1 Å². The minimum atomic E-state index is -0.0212. The molecule has 0 unspecified atom stereocenters. The van der Waals surface area contributed by atoms with E-state index in [2.05, 4.69) is 10.3 Å². The van der Waals surface area contributed by atoms with E-state index >= 15 is 0 Å². The molecule has 0 aromatic carbocycles. The van der Waals surface area contributed by atoms with Crippen LogP contribution in [-0.2, 0) is 23.1 Å². The first-order chi connectivity index (χ1) is 9.93. The highest BCUT2D eigenvalue weighted by molar-refractivity contribution is 5.78. The van der Waals surface area contributed by atoms with Crippen LogP contribution in [0.4, 0.5) is 0 Å². The maximum absolute atomic E-state index is 12.3. The number of hydrogen-bond donors (Lipinski definition) is 2. The molecule has 0 saturated heterocycles. The summed E-state index contributed by atoms with van der Waals surface area (Å²) in [6, 6.07) is 0.0406. The summed E-state index contributed by atoms with van der Waals surface area (Å²) in [4.78, 5) is 16.8. The van der Waals surface area contributed by atoms with Crippen molar-refractivity contribution in [2.75, 3.05) is 7.11 Å². The molecule has 3 N–H and O–H groups in total. The Kier molecular flexibility index (Phi) is 5.00. The summed E-state index contributed by atoms with van der Waals surface area (Å²) in [6.07, 6.45) is 2.33. The van der Waals surface area contributed by atoms with Crippen LogP contribution in [0.1, 0.15) is 36.5 Å².